The Morgan fingerprint density at radius 3 is 1.36 bits per heavy atom. The van der Waals surface area contributed by atoms with Crippen LogP contribution < -0.4 is 22.8 Å². The van der Waals surface area contributed by atoms with Crippen molar-refractivity contribution in [1.82, 2.24) is 0 Å². The van der Waals surface area contributed by atoms with Crippen molar-refractivity contribution < 1.29 is 28.3 Å². The molecule has 6 aliphatic carbocycles. The van der Waals surface area contributed by atoms with Gasteiger partial charge in [-0.2, -0.15) is 0 Å². The van der Waals surface area contributed by atoms with Crippen molar-refractivity contribution in [1.29, 1.82) is 0 Å². The van der Waals surface area contributed by atoms with Gasteiger partial charge in [-0.15, -0.1) is 0 Å². The fourth-order valence-corrected chi connectivity index (χ4v) is 16.5. The van der Waals surface area contributed by atoms with Gasteiger partial charge in [0.15, 0.2) is 31.0 Å². The molecule has 5 nitrogen and oxygen atoms in total. The SMILES string of the molecule is CCc1ccc(-c2ccc(C)c[n+]2C)c(C)c1.Cc1ccc(-c2ccc(C)c[n+]2C)c(C)c1.Cc1ccccc1-c1c2c(cc[n+]1C)C1CCC2C1.[2H]C12CCC([2H])(C1)c1c2cc[n+](C)c1-c1ccccc1C.[2H]C12CCC([2H])(c3c1cc[n+](C)c3-c1ccccc1C)C2(C)C. The number of pyridine rings is 5. The summed E-state index contributed by atoms with van der Waals surface area (Å²) in [5.74, 6) is -0.793. The van der Waals surface area contributed by atoms with E-state index in [4.69, 9.17) is 4.11 Å². The second-order valence-corrected chi connectivity index (χ2v) is 28.1. The maximum absolute atomic E-state index is 9.30. The third-order valence-electron chi connectivity index (χ3n) is 21.4. The molecule has 6 atom stereocenters. The zero-order chi connectivity index (χ0) is 68.6. The maximum atomic E-state index is 9.30. The van der Waals surface area contributed by atoms with Crippen LogP contribution in [0.5, 0.6) is 0 Å². The third-order valence-corrected chi connectivity index (χ3v) is 21.4. The topological polar surface area (TPSA) is 19.4 Å². The molecule has 0 aliphatic heterocycles. The van der Waals surface area contributed by atoms with Gasteiger partial charge in [0.25, 0.3) is 0 Å². The van der Waals surface area contributed by atoms with Crippen molar-refractivity contribution in [2.45, 2.75) is 169 Å². The molecule has 0 radical (unpaired) electrons. The lowest BCUT2D eigenvalue weighted by Crippen LogP contribution is -2.33. The molecule has 0 saturated heterocycles. The maximum Gasteiger partial charge on any atom is 0.216 e. The van der Waals surface area contributed by atoms with Gasteiger partial charge in [-0.25, -0.2) is 22.8 Å². The third kappa shape index (κ3) is 12.3. The van der Waals surface area contributed by atoms with E-state index in [9.17, 15) is 1.37 Å². The lowest BCUT2D eigenvalue weighted by atomic mass is 9.79. The number of hydrogen-bond donors (Lipinski definition) is 0. The lowest BCUT2D eigenvalue weighted by Gasteiger charge is -2.24. The van der Waals surface area contributed by atoms with Crippen LogP contribution in [0.15, 0.2) is 183 Å². The molecule has 92 heavy (non-hydrogen) atoms. The lowest BCUT2D eigenvalue weighted by molar-refractivity contribution is -0.661. The summed E-state index contributed by atoms with van der Waals surface area (Å²) in [6.07, 6.45) is 19.8. The summed E-state index contributed by atoms with van der Waals surface area (Å²) in [6.45, 7) is 23.6. The van der Waals surface area contributed by atoms with E-state index in [-0.39, 0.29) is 5.41 Å². The van der Waals surface area contributed by atoms with Gasteiger partial charge >= 0.3 is 0 Å². The normalized spacial score (nSPS) is 23.1. The first-order valence-electron chi connectivity index (χ1n) is 36.0. The molecule has 470 valence electrons. The van der Waals surface area contributed by atoms with Gasteiger partial charge in [0.05, 0.1) is 0 Å². The second-order valence-electron chi connectivity index (χ2n) is 28.1. The first-order valence-corrected chi connectivity index (χ1v) is 34.0. The van der Waals surface area contributed by atoms with Crippen LogP contribution in [0.1, 0.15) is 196 Å². The largest absolute Gasteiger partial charge is 0.216 e. The summed E-state index contributed by atoms with van der Waals surface area (Å²) in [4.78, 5) is 0. The van der Waals surface area contributed by atoms with Crippen molar-refractivity contribution >= 4 is 0 Å². The molecule has 3 saturated carbocycles. The van der Waals surface area contributed by atoms with Crippen LogP contribution in [0.4, 0.5) is 0 Å². The number of nitrogens with zero attached hydrogens (tertiary/aromatic N) is 5. The van der Waals surface area contributed by atoms with Gasteiger partial charge in [0.2, 0.25) is 28.5 Å². The van der Waals surface area contributed by atoms with Crippen molar-refractivity contribution in [2.24, 2.45) is 40.7 Å². The average Bonchev–Trinajstić information content (AvgIpc) is 1.51. The Kier molecular flexibility index (Phi) is 16.9. The highest BCUT2D eigenvalue weighted by Gasteiger charge is 2.54. The van der Waals surface area contributed by atoms with Crippen molar-refractivity contribution in [3.8, 4) is 56.3 Å². The zero-order valence-corrected chi connectivity index (χ0v) is 58.1. The zero-order valence-electron chi connectivity index (χ0n) is 62.1. The van der Waals surface area contributed by atoms with Crippen LogP contribution in [0, 0.1) is 60.8 Å². The Balaban J connectivity index is 0.000000115. The van der Waals surface area contributed by atoms with E-state index in [0.717, 1.165) is 77.6 Å². The molecular weight excluding hydrogens is 1110 g/mol. The second kappa shape index (κ2) is 26.5. The standard InChI is InChI=1S/C20H24N.2C18H20N.C16H20N.C15H18N/c1-13-7-5-6-8-14(13)19-18-15(11-12-21(19)4)16-9-10-17(18)20(16,2)3;2*1-12-5-3-4-6-15(12)18-17-14-8-7-13(11-14)16(17)9-10-19(18)2;1-5-14-7-8-15(13(3)10-14)16-9-6-12(2)11-17(16)4;1-11-5-7-14(13(3)9-11)15-8-6-12(2)10-16(15)4/h5-8,11-12,16-17H,9-10H2,1-4H3;2*3-6,9-10,13-14H,7-8,11H2,1-2H3;6-11H,5H2,1-4H3;5-10H,1-4H3/q5*+1/i16D,17D;13D,14D;;;. The minimum Gasteiger partial charge on any atom is -0.201 e. The van der Waals surface area contributed by atoms with Crippen LogP contribution in [-0.2, 0) is 41.7 Å². The molecule has 6 aliphatic rings. The fraction of sp³-hybridized carbons (Fsp3) is 0.368. The Labute approximate surface area is 557 Å². The first-order chi connectivity index (χ1) is 45.6. The molecule has 5 aromatic carbocycles. The van der Waals surface area contributed by atoms with E-state index in [1.165, 1.54) is 114 Å². The number of rotatable bonds is 6. The summed E-state index contributed by atoms with van der Waals surface area (Å²) in [5, 5.41) is 0. The molecular formula is C87H102N5+5. The Morgan fingerprint density at radius 1 is 0.380 bits per heavy atom. The van der Waals surface area contributed by atoms with Gasteiger partial charge in [0.1, 0.15) is 35.2 Å². The fourth-order valence-electron chi connectivity index (χ4n) is 16.5. The van der Waals surface area contributed by atoms with Crippen molar-refractivity contribution in [2.75, 3.05) is 0 Å². The van der Waals surface area contributed by atoms with Gasteiger partial charge < -0.3 is 0 Å². The summed E-state index contributed by atoms with van der Waals surface area (Å²) >= 11 is 0. The average molecular weight is 1220 g/mol. The summed E-state index contributed by atoms with van der Waals surface area (Å²) < 4.78 is 47.0. The molecule has 5 aromatic heterocycles. The van der Waals surface area contributed by atoms with E-state index >= 15 is 0 Å². The van der Waals surface area contributed by atoms with Gasteiger partial charge in [0, 0.05) is 91.4 Å². The molecule has 0 spiro atoms. The van der Waals surface area contributed by atoms with E-state index in [1.54, 1.807) is 11.1 Å². The molecule has 6 bridgehead atoms. The van der Waals surface area contributed by atoms with Crippen LogP contribution >= 0.6 is 0 Å². The van der Waals surface area contributed by atoms with Crippen LogP contribution in [0.3, 0.4) is 0 Å². The highest BCUT2D eigenvalue weighted by atomic mass is 14.9. The van der Waals surface area contributed by atoms with E-state index in [1.807, 2.05) is 7.05 Å². The summed E-state index contributed by atoms with van der Waals surface area (Å²) in [7, 11) is 10.5. The van der Waals surface area contributed by atoms with Crippen molar-refractivity contribution in [3.05, 3.63) is 266 Å². The Hall–Kier alpha value is -8.15. The number of aryl methyl sites for hydroxylation is 14. The van der Waals surface area contributed by atoms with E-state index in [0.29, 0.717) is 6.42 Å². The minimum atomic E-state index is -0.680. The molecule has 5 heterocycles. The smallest absolute Gasteiger partial charge is 0.201 e. The summed E-state index contributed by atoms with van der Waals surface area (Å²) in [5.41, 5.74) is 31.8. The molecule has 0 N–H and O–H groups in total. The highest BCUT2D eigenvalue weighted by molar-refractivity contribution is 5.71. The minimum absolute atomic E-state index is 0.367. The molecule has 6 unspecified atom stereocenters. The highest BCUT2D eigenvalue weighted by Crippen LogP contribution is 2.65. The Morgan fingerprint density at radius 2 is 0.837 bits per heavy atom. The Bertz CT molecular complexity index is 4610. The van der Waals surface area contributed by atoms with Crippen LogP contribution in [-0.4, -0.2) is 0 Å². The number of fused-ring (bicyclic) bond motifs is 15. The molecule has 0 amide bonds. The van der Waals surface area contributed by atoms with Gasteiger partial charge in [-0.05, 0) is 247 Å². The van der Waals surface area contributed by atoms with Crippen molar-refractivity contribution in [3.63, 3.8) is 0 Å². The first kappa shape index (κ1) is 58.9. The van der Waals surface area contributed by atoms with Crippen LogP contribution in [0.2, 0.25) is 0 Å². The monoisotopic (exact) mass is 1220 g/mol. The molecule has 10 aromatic rings. The number of aromatic nitrogens is 5. The van der Waals surface area contributed by atoms with E-state index in [2.05, 4.69) is 310 Å². The molecule has 3 fully saturated rings. The van der Waals surface area contributed by atoms with E-state index < -0.39 is 23.6 Å². The van der Waals surface area contributed by atoms with Crippen LogP contribution in [0.25, 0.3) is 56.3 Å². The number of benzene rings is 5. The van der Waals surface area contributed by atoms with Gasteiger partial charge in [-0.3, -0.25) is 0 Å². The predicted molar refractivity (Wildman–Crippen MR) is 380 cm³/mol. The summed E-state index contributed by atoms with van der Waals surface area (Å²) in [6, 6.07) is 54.1. The molecule has 16 rings (SSSR count). The number of hydrogen-bond acceptors (Lipinski definition) is 0. The predicted octanol–water partition coefficient (Wildman–Crippen LogP) is 18.7. The van der Waals surface area contributed by atoms with Gasteiger partial charge in [-0.1, -0.05) is 105 Å². The molecule has 5 heteroatoms. The quantitative estimate of drug-likeness (QED) is 0.148.